The molecule has 0 saturated heterocycles. The summed E-state index contributed by atoms with van der Waals surface area (Å²) in [6, 6.07) is 6.26. The summed E-state index contributed by atoms with van der Waals surface area (Å²) in [5.74, 6) is 0. The normalized spacial score (nSPS) is 12.3. The van der Waals surface area contributed by atoms with Gasteiger partial charge in [-0.05, 0) is 18.1 Å². The van der Waals surface area contributed by atoms with Gasteiger partial charge in [0.15, 0.2) is 5.58 Å². The number of nitrogens with zero attached hydrogens (tertiary/aromatic N) is 1. The highest BCUT2D eigenvalue weighted by Crippen LogP contribution is 2.30. The lowest BCUT2D eigenvalue weighted by atomic mass is 9.89. The van der Waals surface area contributed by atoms with Gasteiger partial charge in [-0.3, -0.25) is 0 Å². The highest BCUT2D eigenvalue weighted by atomic mass is 16.5. The fourth-order valence-electron chi connectivity index (χ4n) is 1.84. The van der Waals surface area contributed by atoms with E-state index in [9.17, 15) is 0 Å². The van der Waals surface area contributed by atoms with E-state index < -0.39 is 0 Å². The zero-order valence-electron chi connectivity index (χ0n) is 9.79. The smallest absolute Gasteiger partial charge is 0.170 e. The molecular weight excluding hydrogens is 186 g/mol. The lowest BCUT2D eigenvalue weighted by Crippen LogP contribution is -2.11. The minimum atomic E-state index is 0.0393. The topological polar surface area (TPSA) is 26.0 Å². The van der Waals surface area contributed by atoms with Crippen LogP contribution >= 0.6 is 0 Å². The average Bonchev–Trinajstić information content (AvgIpc) is 2.59. The second-order valence-corrected chi connectivity index (χ2v) is 4.93. The minimum Gasteiger partial charge on any atom is -0.356 e. The number of aromatic nitrogens is 1. The lowest BCUT2D eigenvalue weighted by Gasteiger charge is -2.14. The molecule has 2 rings (SSSR count). The molecule has 0 bridgehead atoms. The second kappa shape index (κ2) is 3.37. The molecule has 1 aromatic heterocycles. The van der Waals surface area contributed by atoms with E-state index in [1.807, 2.05) is 0 Å². The fraction of sp³-hybridized carbons (Fsp3) is 0.462. The molecule has 2 nitrogen and oxygen atoms in total. The van der Waals surface area contributed by atoms with Gasteiger partial charge in [-0.1, -0.05) is 45.0 Å². The number of para-hydroxylation sites is 1. The SMILES string of the molecule is CCc1cccc2c(C(C)(C)C)noc12. The maximum Gasteiger partial charge on any atom is 0.170 e. The molecule has 0 aliphatic carbocycles. The summed E-state index contributed by atoms with van der Waals surface area (Å²) >= 11 is 0. The first kappa shape index (κ1) is 10.2. The lowest BCUT2D eigenvalue weighted by molar-refractivity contribution is 0.418. The maximum absolute atomic E-state index is 5.45. The van der Waals surface area contributed by atoms with Crippen molar-refractivity contribution in [1.29, 1.82) is 0 Å². The van der Waals surface area contributed by atoms with E-state index in [0.29, 0.717) is 0 Å². The standard InChI is InChI=1S/C13H17NO/c1-5-9-7-6-8-10-11(9)15-14-12(10)13(2,3)4/h6-8H,5H2,1-4H3. The van der Waals surface area contributed by atoms with Gasteiger partial charge in [0.1, 0.15) is 0 Å². The van der Waals surface area contributed by atoms with Crippen molar-refractivity contribution in [3.8, 4) is 0 Å². The van der Waals surface area contributed by atoms with Gasteiger partial charge in [0, 0.05) is 10.8 Å². The average molecular weight is 203 g/mol. The molecule has 0 saturated carbocycles. The first-order valence-electron chi connectivity index (χ1n) is 5.41. The van der Waals surface area contributed by atoms with Crippen LogP contribution in [0.25, 0.3) is 11.0 Å². The summed E-state index contributed by atoms with van der Waals surface area (Å²) in [6.07, 6.45) is 0.982. The van der Waals surface area contributed by atoms with E-state index in [1.54, 1.807) is 0 Å². The van der Waals surface area contributed by atoms with Crippen LogP contribution in [0.1, 0.15) is 39.0 Å². The van der Waals surface area contributed by atoms with Gasteiger partial charge in [0.05, 0.1) is 5.69 Å². The Labute approximate surface area is 90.3 Å². The molecule has 0 aliphatic rings. The summed E-state index contributed by atoms with van der Waals surface area (Å²) in [6.45, 7) is 8.60. The Bertz CT molecular complexity index is 477. The Morgan fingerprint density at radius 2 is 2.00 bits per heavy atom. The number of aryl methyl sites for hydroxylation is 1. The van der Waals surface area contributed by atoms with Crippen molar-refractivity contribution < 1.29 is 4.52 Å². The van der Waals surface area contributed by atoms with Crippen molar-refractivity contribution in [2.24, 2.45) is 0 Å². The van der Waals surface area contributed by atoms with Crippen molar-refractivity contribution in [2.75, 3.05) is 0 Å². The largest absolute Gasteiger partial charge is 0.356 e. The quantitative estimate of drug-likeness (QED) is 0.706. The first-order chi connectivity index (χ1) is 7.04. The van der Waals surface area contributed by atoms with Gasteiger partial charge in [-0.15, -0.1) is 0 Å². The van der Waals surface area contributed by atoms with E-state index in [1.165, 1.54) is 5.56 Å². The Hall–Kier alpha value is -1.31. The molecule has 0 unspecified atom stereocenters. The molecule has 1 aromatic carbocycles. The third-order valence-electron chi connectivity index (χ3n) is 2.67. The Balaban J connectivity index is 2.72. The molecule has 80 valence electrons. The number of hydrogen-bond acceptors (Lipinski definition) is 2. The molecule has 0 aliphatic heterocycles. The second-order valence-electron chi connectivity index (χ2n) is 4.93. The van der Waals surface area contributed by atoms with Crippen LogP contribution in [-0.4, -0.2) is 5.16 Å². The van der Waals surface area contributed by atoms with Crippen molar-refractivity contribution in [3.05, 3.63) is 29.5 Å². The van der Waals surface area contributed by atoms with E-state index in [-0.39, 0.29) is 5.41 Å². The third-order valence-corrected chi connectivity index (χ3v) is 2.67. The zero-order chi connectivity index (χ0) is 11.1. The van der Waals surface area contributed by atoms with Crippen LogP contribution in [0.4, 0.5) is 0 Å². The number of hydrogen-bond donors (Lipinski definition) is 0. The van der Waals surface area contributed by atoms with Crippen LogP contribution in [0, 0.1) is 0 Å². The van der Waals surface area contributed by atoms with Gasteiger partial charge in [0.2, 0.25) is 0 Å². The maximum atomic E-state index is 5.45. The molecular formula is C13H17NO. The molecule has 15 heavy (non-hydrogen) atoms. The van der Waals surface area contributed by atoms with Gasteiger partial charge in [0.25, 0.3) is 0 Å². The predicted molar refractivity (Wildman–Crippen MR) is 62.1 cm³/mol. The van der Waals surface area contributed by atoms with Crippen LogP contribution in [0.2, 0.25) is 0 Å². The monoisotopic (exact) mass is 203 g/mol. The number of rotatable bonds is 1. The van der Waals surface area contributed by atoms with E-state index in [2.05, 4.69) is 51.1 Å². The van der Waals surface area contributed by atoms with Gasteiger partial charge in [-0.2, -0.15) is 0 Å². The Kier molecular flexibility index (Phi) is 2.29. The van der Waals surface area contributed by atoms with Gasteiger partial charge >= 0.3 is 0 Å². The van der Waals surface area contributed by atoms with Gasteiger partial charge < -0.3 is 4.52 Å². The summed E-state index contributed by atoms with van der Waals surface area (Å²) in [5.41, 5.74) is 3.27. The van der Waals surface area contributed by atoms with Crippen LogP contribution < -0.4 is 0 Å². The molecule has 2 heteroatoms. The summed E-state index contributed by atoms with van der Waals surface area (Å²) < 4.78 is 5.45. The summed E-state index contributed by atoms with van der Waals surface area (Å²) in [4.78, 5) is 0. The van der Waals surface area contributed by atoms with Crippen molar-refractivity contribution in [3.63, 3.8) is 0 Å². The molecule has 0 spiro atoms. The van der Waals surface area contributed by atoms with Gasteiger partial charge in [-0.25, -0.2) is 0 Å². The van der Waals surface area contributed by atoms with Crippen molar-refractivity contribution >= 4 is 11.0 Å². The van der Waals surface area contributed by atoms with Crippen molar-refractivity contribution in [2.45, 2.75) is 39.5 Å². The highest BCUT2D eigenvalue weighted by molar-refractivity contribution is 5.83. The Morgan fingerprint density at radius 1 is 1.27 bits per heavy atom. The number of fused-ring (bicyclic) bond motifs is 1. The zero-order valence-corrected chi connectivity index (χ0v) is 9.79. The van der Waals surface area contributed by atoms with Crippen LogP contribution in [0.5, 0.6) is 0 Å². The predicted octanol–water partition coefficient (Wildman–Crippen LogP) is 3.69. The molecule has 0 radical (unpaired) electrons. The fourth-order valence-corrected chi connectivity index (χ4v) is 1.84. The van der Waals surface area contributed by atoms with E-state index >= 15 is 0 Å². The molecule has 1 heterocycles. The van der Waals surface area contributed by atoms with E-state index in [4.69, 9.17) is 4.52 Å². The van der Waals surface area contributed by atoms with Crippen LogP contribution in [-0.2, 0) is 11.8 Å². The van der Waals surface area contributed by atoms with Crippen LogP contribution in [0.3, 0.4) is 0 Å². The molecule has 2 aromatic rings. The molecule has 0 amide bonds. The first-order valence-corrected chi connectivity index (χ1v) is 5.41. The van der Waals surface area contributed by atoms with E-state index in [0.717, 1.165) is 23.1 Å². The summed E-state index contributed by atoms with van der Waals surface area (Å²) in [7, 11) is 0. The van der Waals surface area contributed by atoms with Crippen LogP contribution in [0.15, 0.2) is 22.7 Å². The van der Waals surface area contributed by atoms with Crippen molar-refractivity contribution in [1.82, 2.24) is 5.16 Å². The molecule has 0 N–H and O–H groups in total. The highest BCUT2D eigenvalue weighted by Gasteiger charge is 2.22. The Morgan fingerprint density at radius 3 is 2.60 bits per heavy atom. The third kappa shape index (κ3) is 1.65. The molecule has 0 fully saturated rings. The number of benzene rings is 1. The summed E-state index contributed by atoms with van der Waals surface area (Å²) in [5, 5.41) is 5.35. The molecule has 0 atom stereocenters. The minimum absolute atomic E-state index is 0.0393.